The topological polar surface area (TPSA) is 102 Å². The van der Waals surface area contributed by atoms with Crippen LogP contribution in [0.15, 0.2) is 72.8 Å². The van der Waals surface area contributed by atoms with E-state index in [1.165, 1.54) is 0 Å². The maximum absolute atomic E-state index is 11.8. The van der Waals surface area contributed by atoms with Gasteiger partial charge in [-0.05, 0) is 73.1 Å². The summed E-state index contributed by atoms with van der Waals surface area (Å²) in [7, 11) is 0. The zero-order valence-corrected chi connectivity index (χ0v) is 18.5. The Morgan fingerprint density at radius 1 is 1.09 bits per heavy atom. The molecule has 0 saturated carbocycles. The van der Waals surface area contributed by atoms with Gasteiger partial charge in [0.1, 0.15) is 5.82 Å². The maximum atomic E-state index is 11.8. The number of aromatic amines is 1. The molecule has 4 rings (SSSR count). The maximum Gasteiger partial charge on any atom is 0.405 e. The van der Waals surface area contributed by atoms with Crippen LogP contribution in [0.1, 0.15) is 40.5 Å². The van der Waals surface area contributed by atoms with E-state index in [1.54, 1.807) is 0 Å². The molecule has 6 heteroatoms. The van der Waals surface area contributed by atoms with Gasteiger partial charge in [0.2, 0.25) is 0 Å². The molecule has 1 heterocycles. The van der Waals surface area contributed by atoms with E-state index >= 15 is 0 Å². The Labute approximate surface area is 192 Å². The molecule has 0 fully saturated rings. The summed E-state index contributed by atoms with van der Waals surface area (Å²) < 4.78 is 0. The van der Waals surface area contributed by atoms with Gasteiger partial charge in [-0.15, -0.1) is 0 Å². The van der Waals surface area contributed by atoms with Gasteiger partial charge < -0.3 is 15.4 Å². The van der Waals surface area contributed by atoms with E-state index < -0.39 is 6.09 Å². The lowest BCUT2D eigenvalue weighted by Gasteiger charge is -2.28. The number of nitrogens with one attached hydrogen (secondary N) is 2. The lowest BCUT2D eigenvalue weighted by Crippen LogP contribution is -2.33. The van der Waals surface area contributed by atoms with Gasteiger partial charge in [-0.1, -0.05) is 48.5 Å². The van der Waals surface area contributed by atoms with E-state index in [2.05, 4.69) is 33.5 Å². The molecule has 1 aromatic heterocycles. The summed E-state index contributed by atoms with van der Waals surface area (Å²) >= 11 is 0. The van der Waals surface area contributed by atoms with Crippen LogP contribution < -0.4 is 5.32 Å². The van der Waals surface area contributed by atoms with Crippen LogP contribution in [0, 0.1) is 24.2 Å². The SMILES string of the molecule is Cc1nc2cc(C(NC(=O)O)C(CCc3ccc(C#N)cc3)Cc3ccccc3)ccc2[nH]1. The van der Waals surface area contributed by atoms with Crippen LogP contribution in [0.25, 0.3) is 11.0 Å². The van der Waals surface area contributed by atoms with Crippen LogP contribution >= 0.6 is 0 Å². The number of hydrogen-bond donors (Lipinski definition) is 3. The molecular formula is C27H26N4O2. The standard InChI is InChI=1S/C27H26N4O2/c1-18-29-24-14-13-23(16-25(24)30-18)26(31-27(32)33)22(15-20-5-3-2-4-6-20)12-11-19-7-9-21(17-28)10-8-19/h2-10,13-14,16,22,26,31H,11-12,15H2,1H3,(H,29,30)(H,32,33). The molecule has 0 aliphatic rings. The van der Waals surface area contributed by atoms with Crippen molar-refractivity contribution in [1.29, 1.82) is 5.26 Å². The molecule has 0 aliphatic heterocycles. The van der Waals surface area contributed by atoms with Gasteiger partial charge in [0.15, 0.2) is 0 Å². The Morgan fingerprint density at radius 2 is 1.85 bits per heavy atom. The molecule has 2 unspecified atom stereocenters. The summed E-state index contributed by atoms with van der Waals surface area (Å²) in [6, 6.07) is 25.4. The first-order valence-corrected chi connectivity index (χ1v) is 11.0. The molecule has 0 bridgehead atoms. The molecule has 2 atom stereocenters. The summed E-state index contributed by atoms with van der Waals surface area (Å²) in [5.74, 6) is 0.850. The van der Waals surface area contributed by atoms with Crippen LogP contribution in [0.5, 0.6) is 0 Å². The number of nitriles is 1. The second-order valence-corrected chi connectivity index (χ2v) is 8.32. The number of nitrogens with zero attached hydrogens (tertiary/aromatic N) is 2. The van der Waals surface area contributed by atoms with Crippen LogP contribution in [0.3, 0.4) is 0 Å². The minimum Gasteiger partial charge on any atom is -0.465 e. The number of amides is 1. The van der Waals surface area contributed by atoms with Crippen molar-refractivity contribution < 1.29 is 9.90 Å². The smallest absolute Gasteiger partial charge is 0.405 e. The third-order valence-corrected chi connectivity index (χ3v) is 5.96. The van der Waals surface area contributed by atoms with E-state index in [0.717, 1.165) is 52.8 Å². The van der Waals surface area contributed by atoms with Gasteiger partial charge >= 0.3 is 6.09 Å². The predicted octanol–water partition coefficient (Wildman–Crippen LogP) is 5.54. The second kappa shape index (κ2) is 10.0. The third kappa shape index (κ3) is 5.58. The number of aryl methyl sites for hydroxylation is 2. The van der Waals surface area contributed by atoms with Crippen molar-refractivity contribution in [1.82, 2.24) is 15.3 Å². The van der Waals surface area contributed by atoms with Crippen LogP contribution in [-0.4, -0.2) is 21.2 Å². The first kappa shape index (κ1) is 22.1. The predicted molar refractivity (Wildman–Crippen MR) is 128 cm³/mol. The van der Waals surface area contributed by atoms with Crippen LogP contribution in [0.2, 0.25) is 0 Å². The third-order valence-electron chi connectivity index (χ3n) is 5.96. The number of fused-ring (bicyclic) bond motifs is 1. The Bertz CT molecular complexity index is 1270. The fourth-order valence-electron chi connectivity index (χ4n) is 4.35. The number of rotatable bonds is 8. The first-order chi connectivity index (χ1) is 16.0. The molecule has 0 saturated heterocycles. The van der Waals surface area contributed by atoms with Gasteiger partial charge in [0.25, 0.3) is 0 Å². The minimum absolute atomic E-state index is 0.0247. The largest absolute Gasteiger partial charge is 0.465 e. The summed E-state index contributed by atoms with van der Waals surface area (Å²) in [5, 5.41) is 21.5. The number of imidazole rings is 1. The highest BCUT2D eigenvalue weighted by Gasteiger charge is 2.26. The molecule has 0 aliphatic carbocycles. The molecule has 1 amide bonds. The zero-order valence-electron chi connectivity index (χ0n) is 18.5. The van der Waals surface area contributed by atoms with Gasteiger partial charge in [0.05, 0.1) is 28.7 Å². The number of hydrogen-bond acceptors (Lipinski definition) is 3. The van der Waals surface area contributed by atoms with E-state index in [-0.39, 0.29) is 12.0 Å². The molecule has 33 heavy (non-hydrogen) atoms. The van der Waals surface area contributed by atoms with E-state index in [9.17, 15) is 9.90 Å². The average Bonchev–Trinajstić information content (AvgIpc) is 3.20. The number of aromatic nitrogens is 2. The van der Waals surface area contributed by atoms with Gasteiger partial charge in [-0.3, -0.25) is 0 Å². The number of carbonyl (C=O) groups is 1. The van der Waals surface area contributed by atoms with Crippen molar-refractivity contribution in [2.75, 3.05) is 0 Å². The van der Waals surface area contributed by atoms with E-state index in [1.807, 2.05) is 67.6 Å². The normalized spacial score (nSPS) is 12.7. The molecule has 0 spiro atoms. The number of carboxylic acid groups (broad SMARTS) is 1. The summed E-state index contributed by atoms with van der Waals surface area (Å²) in [5.41, 5.74) is 5.58. The van der Waals surface area contributed by atoms with Gasteiger partial charge in [0, 0.05) is 0 Å². The Balaban J connectivity index is 1.66. The van der Waals surface area contributed by atoms with Crippen molar-refractivity contribution in [3.8, 4) is 6.07 Å². The van der Waals surface area contributed by atoms with E-state index in [4.69, 9.17) is 5.26 Å². The van der Waals surface area contributed by atoms with Crippen molar-refractivity contribution in [2.24, 2.45) is 5.92 Å². The molecule has 166 valence electrons. The Morgan fingerprint density at radius 3 is 2.55 bits per heavy atom. The lowest BCUT2D eigenvalue weighted by atomic mass is 9.83. The average molecular weight is 439 g/mol. The number of H-pyrrole nitrogens is 1. The van der Waals surface area contributed by atoms with Crippen molar-refractivity contribution in [2.45, 2.75) is 32.2 Å². The van der Waals surface area contributed by atoms with Gasteiger partial charge in [-0.2, -0.15) is 5.26 Å². The highest BCUT2D eigenvalue weighted by atomic mass is 16.4. The molecule has 3 aromatic carbocycles. The summed E-state index contributed by atoms with van der Waals surface area (Å²) in [6.07, 6.45) is 1.25. The lowest BCUT2D eigenvalue weighted by molar-refractivity contribution is 0.183. The zero-order chi connectivity index (χ0) is 23.2. The summed E-state index contributed by atoms with van der Waals surface area (Å²) in [6.45, 7) is 1.91. The fourth-order valence-corrected chi connectivity index (χ4v) is 4.35. The molecular weight excluding hydrogens is 412 g/mol. The van der Waals surface area contributed by atoms with Gasteiger partial charge in [-0.25, -0.2) is 9.78 Å². The highest BCUT2D eigenvalue weighted by molar-refractivity contribution is 5.76. The molecule has 6 nitrogen and oxygen atoms in total. The summed E-state index contributed by atoms with van der Waals surface area (Å²) in [4.78, 5) is 19.5. The Kier molecular flexibility index (Phi) is 6.70. The fraction of sp³-hybridized carbons (Fsp3) is 0.222. The molecule has 4 aromatic rings. The minimum atomic E-state index is -1.05. The quantitative estimate of drug-likeness (QED) is 0.336. The molecule has 0 radical (unpaired) electrons. The van der Waals surface area contributed by atoms with Crippen LogP contribution in [-0.2, 0) is 12.8 Å². The van der Waals surface area contributed by atoms with Crippen molar-refractivity contribution in [3.63, 3.8) is 0 Å². The van der Waals surface area contributed by atoms with E-state index in [0.29, 0.717) is 5.56 Å². The first-order valence-electron chi connectivity index (χ1n) is 11.0. The monoisotopic (exact) mass is 438 g/mol. The molecule has 3 N–H and O–H groups in total. The number of benzene rings is 3. The second-order valence-electron chi connectivity index (χ2n) is 8.32. The van der Waals surface area contributed by atoms with Crippen LogP contribution in [0.4, 0.5) is 4.79 Å². The highest BCUT2D eigenvalue weighted by Crippen LogP contribution is 2.31. The van der Waals surface area contributed by atoms with Crippen molar-refractivity contribution >= 4 is 17.1 Å². The Hall–Kier alpha value is -4.11. The van der Waals surface area contributed by atoms with Crippen molar-refractivity contribution in [3.05, 3.63) is 101 Å².